The van der Waals surface area contributed by atoms with Crippen molar-refractivity contribution in [2.75, 3.05) is 46.8 Å². The molecule has 0 radical (unpaired) electrons. The third-order valence-corrected chi connectivity index (χ3v) is 1.65. The number of ether oxygens (including phenoxy) is 1. The Kier molecular flexibility index (Phi) is 12.8. The van der Waals surface area contributed by atoms with Gasteiger partial charge in [0.05, 0.1) is 13.2 Å². The van der Waals surface area contributed by atoms with Gasteiger partial charge in [-0.25, -0.2) is 0 Å². The van der Waals surface area contributed by atoms with Crippen LogP contribution in [0.1, 0.15) is 12.8 Å². The zero-order valence-corrected chi connectivity index (χ0v) is 9.76. The zero-order chi connectivity index (χ0) is 12.1. The second-order valence-corrected chi connectivity index (χ2v) is 3.05. The molecule has 16 heavy (non-hydrogen) atoms. The molecule has 2 N–H and O–H groups in total. The Morgan fingerprint density at radius 1 is 0.812 bits per heavy atom. The van der Waals surface area contributed by atoms with Gasteiger partial charge in [0.1, 0.15) is 0 Å². The number of rotatable bonds is 12. The van der Waals surface area contributed by atoms with Crippen LogP contribution in [0.15, 0.2) is 0 Å². The molecule has 0 saturated heterocycles. The fourth-order valence-corrected chi connectivity index (χ4v) is 0.920. The number of hydrogen-bond donors (Lipinski definition) is 2. The van der Waals surface area contributed by atoms with Crippen LogP contribution in [0.3, 0.4) is 0 Å². The molecule has 0 bridgehead atoms. The molecule has 6 nitrogen and oxygen atoms in total. The quantitative estimate of drug-likeness (QED) is 0.349. The third-order valence-electron chi connectivity index (χ3n) is 1.65. The average molecular weight is 236 g/mol. The highest BCUT2D eigenvalue weighted by atomic mass is 16.7. The summed E-state index contributed by atoms with van der Waals surface area (Å²) in [6.45, 7) is 1.58. The Morgan fingerprint density at radius 2 is 1.44 bits per heavy atom. The van der Waals surface area contributed by atoms with Crippen molar-refractivity contribution in [2.45, 2.75) is 12.8 Å². The summed E-state index contributed by atoms with van der Waals surface area (Å²) in [5, 5.41) is 17.2. The molecule has 0 aromatic carbocycles. The molecule has 0 heterocycles. The van der Waals surface area contributed by atoms with Gasteiger partial charge in [-0.2, -0.15) is 0 Å². The maximum absolute atomic E-state index is 8.60. The molecule has 0 spiro atoms. The van der Waals surface area contributed by atoms with E-state index in [0.29, 0.717) is 26.2 Å². The monoisotopic (exact) mass is 236 g/mol. The third kappa shape index (κ3) is 10.3. The summed E-state index contributed by atoms with van der Waals surface area (Å²) in [4.78, 5) is 0. The molecule has 0 fully saturated rings. The van der Waals surface area contributed by atoms with Crippen LogP contribution in [-0.4, -0.2) is 64.3 Å². The highest BCUT2D eigenvalue weighted by Crippen LogP contribution is 1.96. The van der Waals surface area contributed by atoms with Gasteiger partial charge in [-0.05, 0) is 12.8 Å². The topological polar surface area (TPSA) is 77.4 Å². The first-order chi connectivity index (χ1) is 7.85. The largest absolute Gasteiger partial charge is 0.639 e. The van der Waals surface area contributed by atoms with Crippen LogP contribution in [-0.2, 0) is 18.7 Å². The standard InChI is InChI=1S/C9H21BO6/c1-13-6-3-8-15-10(16-9-5-12)14-7-2-4-11/h11-12H,2-9H2,1H3. The molecule has 0 amide bonds. The predicted octanol–water partition coefficient (Wildman–Crippen LogP) is -0.568. The summed E-state index contributed by atoms with van der Waals surface area (Å²) in [7, 11) is 0.841. The fraction of sp³-hybridized carbons (Fsp3) is 1.00. The van der Waals surface area contributed by atoms with E-state index < -0.39 is 7.32 Å². The lowest BCUT2D eigenvalue weighted by Gasteiger charge is -2.13. The first-order valence-corrected chi connectivity index (χ1v) is 5.40. The second kappa shape index (κ2) is 12.9. The second-order valence-electron chi connectivity index (χ2n) is 3.05. The Morgan fingerprint density at radius 3 is 2.00 bits per heavy atom. The summed E-state index contributed by atoms with van der Waals surface area (Å²) in [6.07, 6.45) is 1.28. The van der Waals surface area contributed by atoms with Crippen molar-refractivity contribution in [2.24, 2.45) is 0 Å². The van der Waals surface area contributed by atoms with Gasteiger partial charge in [-0.15, -0.1) is 0 Å². The van der Waals surface area contributed by atoms with Crippen LogP contribution in [0.2, 0.25) is 0 Å². The highest BCUT2D eigenvalue weighted by Gasteiger charge is 2.20. The number of aliphatic hydroxyl groups excluding tert-OH is 2. The van der Waals surface area contributed by atoms with Gasteiger partial charge in [0, 0.05) is 33.5 Å². The van der Waals surface area contributed by atoms with Crippen LogP contribution in [0.5, 0.6) is 0 Å². The summed E-state index contributed by atoms with van der Waals surface area (Å²) < 4.78 is 20.5. The smallest absolute Gasteiger partial charge is 0.396 e. The fourth-order valence-electron chi connectivity index (χ4n) is 0.920. The van der Waals surface area contributed by atoms with E-state index in [1.165, 1.54) is 0 Å². The van der Waals surface area contributed by atoms with Crippen molar-refractivity contribution >= 4 is 7.32 Å². The molecule has 0 aromatic rings. The zero-order valence-electron chi connectivity index (χ0n) is 9.76. The van der Waals surface area contributed by atoms with Gasteiger partial charge in [0.2, 0.25) is 0 Å². The Bertz CT molecular complexity index is 137. The van der Waals surface area contributed by atoms with E-state index in [1.54, 1.807) is 7.11 Å². The minimum absolute atomic E-state index is 0.0659. The Hall–Kier alpha value is -0.175. The normalized spacial score (nSPS) is 10.7. The summed E-state index contributed by atoms with van der Waals surface area (Å²) in [5.74, 6) is 0. The molecule has 0 saturated carbocycles. The van der Waals surface area contributed by atoms with Gasteiger partial charge in [-0.1, -0.05) is 0 Å². The van der Waals surface area contributed by atoms with Crippen molar-refractivity contribution in [3.8, 4) is 0 Å². The minimum atomic E-state index is -0.782. The van der Waals surface area contributed by atoms with Gasteiger partial charge < -0.3 is 28.9 Å². The molecule has 0 rings (SSSR count). The molecular weight excluding hydrogens is 215 g/mol. The van der Waals surface area contributed by atoms with E-state index in [-0.39, 0.29) is 19.8 Å². The van der Waals surface area contributed by atoms with Gasteiger partial charge in [-0.3, -0.25) is 0 Å². The Labute approximate surface area is 96.6 Å². The molecule has 0 aliphatic heterocycles. The predicted molar refractivity (Wildman–Crippen MR) is 58.9 cm³/mol. The van der Waals surface area contributed by atoms with Crippen molar-refractivity contribution in [3.63, 3.8) is 0 Å². The number of aliphatic hydroxyl groups is 2. The van der Waals surface area contributed by atoms with Crippen molar-refractivity contribution < 1.29 is 28.9 Å². The van der Waals surface area contributed by atoms with E-state index >= 15 is 0 Å². The minimum Gasteiger partial charge on any atom is -0.396 e. The lowest BCUT2D eigenvalue weighted by molar-refractivity contribution is 0.0666. The molecular formula is C9H21BO6. The van der Waals surface area contributed by atoms with E-state index in [9.17, 15) is 0 Å². The maximum Gasteiger partial charge on any atom is 0.639 e. The molecule has 0 aliphatic carbocycles. The van der Waals surface area contributed by atoms with Crippen LogP contribution in [0.4, 0.5) is 0 Å². The summed E-state index contributed by atoms with van der Waals surface area (Å²) in [5.41, 5.74) is 0. The van der Waals surface area contributed by atoms with Crippen LogP contribution < -0.4 is 0 Å². The van der Waals surface area contributed by atoms with E-state index in [2.05, 4.69) is 0 Å². The number of methoxy groups -OCH3 is 1. The maximum atomic E-state index is 8.60. The summed E-state index contributed by atoms with van der Waals surface area (Å²) >= 11 is 0. The van der Waals surface area contributed by atoms with Gasteiger partial charge in [0.15, 0.2) is 0 Å². The van der Waals surface area contributed by atoms with E-state index in [0.717, 1.165) is 6.42 Å². The van der Waals surface area contributed by atoms with E-state index in [4.69, 9.17) is 28.9 Å². The van der Waals surface area contributed by atoms with Gasteiger partial charge >= 0.3 is 7.32 Å². The molecule has 0 aromatic heterocycles. The number of hydrogen-bond acceptors (Lipinski definition) is 6. The SMILES string of the molecule is COCCCOB(OCCO)OCCCO. The molecule has 0 atom stereocenters. The Balaban J connectivity index is 3.54. The lowest BCUT2D eigenvalue weighted by Crippen LogP contribution is -2.30. The van der Waals surface area contributed by atoms with Crippen LogP contribution in [0.25, 0.3) is 0 Å². The molecule has 7 heteroatoms. The summed E-state index contributed by atoms with van der Waals surface area (Å²) in [6, 6.07) is 0. The molecule has 0 aliphatic rings. The van der Waals surface area contributed by atoms with Crippen LogP contribution >= 0.6 is 0 Å². The first kappa shape index (κ1) is 15.8. The molecule has 96 valence electrons. The van der Waals surface area contributed by atoms with Crippen molar-refractivity contribution in [1.82, 2.24) is 0 Å². The van der Waals surface area contributed by atoms with E-state index in [1.807, 2.05) is 0 Å². The molecule has 0 unspecified atom stereocenters. The van der Waals surface area contributed by atoms with Crippen molar-refractivity contribution in [1.29, 1.82) is 0 Å². The van der Waals surface area contributed by atoms with Crippen LogP contribution in [0, 0.1) is 0 Å². The van der Waals surface area contributed by atoms with Gasteiger partial charge in [0.25, 0.3) is 0 Å². The van der Waals surface area contributed by atoms with Crippen molar-refractivity contribution in [3.05, 3.63) is 0 Å². The highest BCUT2D eigenvalue weighted by molar-refractivity contribution is 6.36. The first-order valence-electron chi connectivity index (χ1n) is 5.40. The average Bonchev–Trinajstić information content (AvgIpc) is 2.31. The lowest BCUT2D eigenvalue weighted by atomic mass is 10.2.